The van der Waals surface area contributed by atoms with E-state index in [9.17, 15) is 0 Å². The van der Waals surface area contributed by atoms with Crippen molar-refractivity contribution in [1.29, 1.82) is 0 Å². The summed E-state index contributed by atoms with van der Waals surface area (Å²) in [5.74, 6) is 2.76. The van der Waals surface area contributed by atoms with Crippen molar-refractivity contribution < 1.29 is 19.0 Å². The van der Waals surface area contributed by atoms with Crippen LogP contribution in [0.15, 0.2) is 41.6 Å². The highest BCUT2D eigenvalue weighted by molar-refractivity contribution is 5.98. The molecular formula is C27H37NO4. The largest absolute Gasteiger partial charge is 0.493 e. The summed E-state index contributed by atoms with van der Waals surface area (Å²) in [6.45, 7) is 14.1. The number of unbranched alkanes of at least 4 members (excludes halogenated alkanes) is 1. The Bertz CT molecular complexity index is 901. The van der Waals surface area contributed by atoms with Crippen LogP contribution in [0.3, 0.4) is 0 Å². The molecule has 174 valence electrons. The Hall–Kier alpha value is -2.95. The second-order valence-electron chi connectivity index (χ2n) is 7.97. The summed E-state index contributed by atoms with van der Waals surface area (Å²) in [6.07, 6.45) is 5.82. The zero-order valence-corrected chi connectivity index (χ0v) is 20.6. The normalized spacial score (nSPS) is 11.7. The molecule has 0 aliphatic rings. The highest BCUT2D eigenvalue weighted by atomic mass is 16.6. The number of ether oxygens (including phenoxy) is 3. The molecule has 0 atom stereocenters. The Morgan fingerprint density at radius 1 is 0.812 bits per heavy atom. The van der Waals surface area contributed by atoms with Crippen LogP contribution in [0.5, 0.6) is 17.2 Å². The number of aryl methyl sites for hydroxylation is 4. The van der Waals surface area contributed by atoms with Crippen molar-refractivity contribution >= 4 is 5.71 Å². The van der Waals surface area contributed by atoms with Gasteiger partial charge in [-0.3, -0.25) is 0 Å². The lowest BCUT2D eigenvalue weighted by molar-refractivity contribution is 0.213. The van der Waals surface area contributed by atoms with E-state index in [4.69, 9.17) is 19.0 Å². The standard InChI is InChI=1S/C27H37NO4/c1-8-9-12-30-25-17-21(4)27(22(5)18-25)32-14-11-10-13-31-26-19(2)15-24(16-20(26)3)23(6)28-29-7/h8-9,15-18H,10-14H2,1-7H3/b9-8+,28-23+. The average molecular weight is 440 g/mol. The van der Waals surface area contributed by atoms with Crippen LogP contribution in [0.4, 0.5) is 0 Å². The molecule has 2 rings (SSSR count). The second kappa shape index (κ2) is 12.8. The molecular weight excluding hydrogens is 402 g/mol. The van der Waals surface area contributed by atoms with Gasteiger partial charge in [0.2, 0.25) is 0 Å². The van der Waals surface area contributed by atoms with Crippen molar-refractivity contribution in [2.45, 2.75) is 54.4 Å². The molecule has 0 aromatic heterocycles. The van der Waals surface area contributed by atoms with Crippen molar-refractivity contribution in [2.24, 2.45) is 5.16 Å². The number of hydrogen-bond donors (Lipinski definition) is 0. The van der Waals surface area contributed by atoms with E-state index in [0.717, 1.165) is 63.6 Å². The number of rotatable bonds is 12. The molecule has 0 saturated heterocycles. The van der Waals surface area contributed by atoms with E-state index >= 15 is 0 Å². The molecule has 2 aromatic carbocycles. The SMILES string of the molecule is C/C=C/COc1cc(C)c(OCCCCOc2c(C)cc(/C(C)=N/OC)cc2C)c(C)c1. The predicted octanol–water partition coefficient (Wildman–Crippen LogP) is 6.48. The van der Waals surface area contributed by atoms with Crippen LogP contribution >= 0.6 is 0 Å². The Morgan fingerprint density at radius 3 is 1.78 bits per heavy atom. The first kappa shape index (κ1) is 25.3. The van der Waals surface area contributed by atoms with Gasteiger partial charge in [0.25, 0.3) is 0 Å². The smallest absolute Gasteiger partial charge is 0.125 e. The van der Waals surface area contributed by atoms with E-state index in [-0.39, 0.29) is 0 Å². The maximum atomic E-state index is 6.08. The van der Waals surface area contributed by atoms with Gasteiger partial charge in [0.05, 0.1) is 18.9 Å². The molecule has 0 N–H and O–H groups in total. The second-order valence-corrected chi connectivity index (χ2v) is 7.97. The molecule has 0 radical (unpaired) electrons. The molecule has 2 aromatic rings. The van der Waals surface area contributed by atoms with Gasteiger partial charge in [-0.15, -0.1) is 0 Å². The number of allylic oxidation sites excluding steroid dienone is 1. The highest BCUT2D eigenvalue weighted by Crippen LogP contribution is 2.29. The van der Waals surface area contributed by atoms with Crippen LogP contribution in [0.1, 0.15) is 54.5 Å². The topological polar surface area (TPSA) is 49.3 Å². The van der Waals surface area contributed by atoms with Crippen molar-refractivity contribution in [3.8, 4) is 17.2 Å². The maximum Gasteiger partial charge on any atom is 0.125 e. The molecule has 0 heterocycles. The lowest BCUT2D eigenvalue weighted by Gasteiger charge is -2.15. The molecule has 0 bridgehead atoms. The third-order valence-electron chi connectivity index (χ3n) is 5.15. The third kappa shape index (κ3) is 7.33. The van der Waals surface area contributed by atoms with E-state index in [1.807, 2.05) is 38.1 Å². The molecule has 5 nitrogen and oxygen atoms in total. The van der Waals surface area contributed by atoms with Gasteiger partial charge in [-0.25, -0.2) is 0 Å². The Kier molecular flexibility index (Phi) is 10.1. The first-order valence-corrected chi connectivity index (χ1v) is 11.2. The van der Waals surface area contributed by atoms with E-state index in [0.29, 0.717) is 19.8 Å². The lowest BCUT2D eigenvalue weighted by Crippen LogP contribution is -2.06. The third-order valence-corrected chi connectivity index (χ3v) is 5.15. The number of hydrogen-bond acceptors (Lipinski definition) is 5. The molecule has 5 heteroatoms. The fourth-order valence-electron chi connectivity index (χ4n) is 3.59. The monoisotopic (exact) mass is 439 g/mol. The fraction of sp³-hybridized carbons (Fsp3) is 0.444. The first-order chi connectivity index (χ1) is 15.4. The van der Waals surface area contributed by atoms with Gasteiger partial charge in [-0.1, -0.05) is 17.3 Å². The van der Waals surface area contributed by atoms with Gasteiger partial charge in [-0.2, -0.15) is 0 Å². The first-order valence-electron chi connectivity index (χ1n) is 11.2. The highest BCUT2D eigenvalue weighted by Gasteiger charge is 2.10. The number of nitrogens with zero attached hydrogens (tertiary/aromatic N) is 1. The molecule has 0 saturated carbocycles. The zero-order chi connectivity index (χ0) is 23.5. The summed E-state index contributed by atoms with van der Waals surface area (Å²) in [6, 6.07) is 8.23. The van der Waals surface area contributed by atoms with Crippen LogP contribution in [0.2, 0.25) is 0 Å². The van der Waals surface area contributed by atoms with Crippen LogP contribution < -0.4 is 14.2 Å². The van der Waals surface area contributed by atoms with E-state index in [2.05, 4.69) is 45.0 Å². The Morgan fingerprint density at radius 2 is 1.31 bits per heavy atom. The summed E-state index contributed by atoms with van der Waals surface area (Å²) in [4.78, 5) is 4.88. The number of benzene rings is 2. The molecule has 32 heavy (non-hydrogen) atoms. The van der Waals surface area contributed by atoms with Crippen molar-refractivity contribution in [1.82, 2.24) is 0 Å². The van der Waals surface area contributed by atoms with Crippen molar-refractivity contribution in [3.63, 3.8) is 0 Å². The van der Waals surface area contributed by atoms with Gasteiger partial charge < -0.3 is 19.0 Å². The van der Waals surface area contributed by atoms with E-state index in [1.54, 1.807) is 7.11 Å². The van der Waals surface area contributed by atoms with Crippen molar-refractivity contribution in [2.75, 3.05) is 26.9 Å². The van der Waals surface area contributed by atoms with Crippen molar-refractivity contribution in [3.05, 3.63) is 64.2 Å². The summed E-state index contributed by atoms with van der Waals surface area (Å²) in [7, 11) is 1.56. The van der Waals surface area contributed by atoms with Gasteiger partial charge in [0.1, 0.15) is 31.0 Å². The summed E-state index contributed by atoms with van der Waals surface area (Å²) < 4.78 is 17.9. The molecule has 0 aliphatic carbocycles. The minimum absolute atomic E-state index is 0.581. The Balaban J connectivity index is 1.82. The van der Waals surface area contributed by atoms with Crippen LogP contribution in [-0.2, 0) is 4.84 Å². The summed E-state index contributed by atoms with van der Waals surface area (Å²) >= 11 is 0. The molecule has 0 fully saturated rings. The molecule has 0 amide bonds. The predicted molar refractivity (Wildman–Crippen MR) is 132 cm³/mol. The Labute approximate surface area is 193 Å². The zero-order valence-electron chi connectivity index (χ0n) is 20.6. The lowest BCUT2D eigenvalue weighted by atomic mass is 10.0. The fourth-order valence-corrected chi connectivity index (χ4v) is 3.59. The van der Waals surface area contributed by atoms with Gasteiger partial charge in [0.15, 0.2) is 0 Å². The van der Waals surface area contributed by atoms with Crippen LogP contribution in [-0.4, -0.2) is 32.6 Å². The quantitative estimate of drug-likeness (QED) is 0.164. The summed E-state index contributed by atoms with van der Waals surface area (Å²) in [5, 5.41) is 4.01. The number of oxime groups is 1. The minimum atomic E-state index is 0.581. The van der Waals surface area contributed by atoms with Crippen LogP contribution in [0.25, 0.3) is 0 Å². The maximum absolute atomic E-state index is 6.08. The van der Waals surface area contributed by atoms with E-state index < -0.39 is 0 Å². The van der Waals surface area contributed by atoms with Crippen LogP contribution in [0, 0.1) is 27.7 Å². The van der Waals surface area contributed by atoms with Gasteiger partial charge in [-0.05, 0) is 106 Å². The summed E-state index contributed by atoms with van der Waals surface area (Å²) in [5.41, 5.74) is 6.29. The molecule has 0 aliphatic heterocycles. The molecule has 0 spiro atoms. The van der Waals surface area contributed by atoms with E-state index in [1.165, 1.54) is 0 Å². The minimum Gasteiger partial charge on any atom is -0.493 e. The van der Waals surface area contributed by atoms with Gasteiger partial charge in [0, 0.05) is 0 Å². The average Bonchev–Trinajstić information content (AvgIpc) is 2.74. The van der Waals surface area contributed by atoms with Gasteiger partial charge >= 0.3 is 0 Å². The molecule has 0 unspecified atom stereocenters.